The lowest BCUT2D eigenvalue weighted by atomic mass is 10.1. The molecule has 0 aliphatic carbocycles. The first kappa shape index (κ1) is 9.53. The van der Waals surface area contributed by atoms with Crippen molar-refractivity contribution in [1.82, 2.24) is 0 Å². The summed E-state index contributed by atoms with van der Waals surface area (Å²) in [5.41, 5.74) is 0. The standard InChI is InChI=1S/C6H11FO5/c7-3(1-8)5(11)6(12)4(10)2-9/h1,3-6,9-12H,2H2/t3-,4-,5-,6-/m1/s1/i1D. The van der Waals surface area contributed by atoms with Gasteiger partial charge in [0.05, 0.1) is 6.61 Å². The van der Waals surface area contributed by atoms with E-state index in [0.29, 0.717) is 0 Å². The second-order valence-electron chi connectivity index (χ2n) is 2.25. The summed E-state index contributed by atoms with van der Waals surface area (Å²) in [4.78, 5) is 10.1. The monoisotopic (exact) mass is 183 g/mol. The van der Waals surface area contributed by atoms with Gasteiger partial charge in [0, 0.05) is 0 Å². The van der Waals surface area contributed by atoms with E-state index in [2.05, 4.69) is 0 Å². The SMILES string of the molecule is [2H]C(=O)[C@@H](F)[C@@H](O)[C@H](O)[C@H](O)CO. The van der Waals surface area contributed by atoms with Gasteiger partial charge in [-0.2, -0.15) is 0 Å². The van der Waals surface area contributed by atoms with E-state index in [-0.39, 0.29) is 0 Å². The van der Waals surface area contributed by atoms with Gasteiger partial charge in [0.2, 0.25) is 0 Å². The lowest BCUT2D eigenvalue weighted by Gasteiger charge is -2.21. The number of aldehydes is 1. The van der Waals surface area contributed by atoms with Crippen LogP contribution in [0.4, 0.5) is 4.39 Å². The van der Waals surface area contributed by atoms with Crippen molar-refractivity contribution in [3.05, 3.63) is 0 Å². The van der Waals surface area contributed by atoms with E-state index in [1.165, 1.54) is 0 Å². The van der Waals surface area contributed by atoms with Crippen molar-refractivity contribution in [3.63, 3.8) is 0 Å². The van der Waals surface area contributed by atoms with E-state index in [9.17, 15) is 9.18 Å². The molecule has 0 unspecified atom stereocenters. The summed E-state index contributed by atoms with van der Waals surface area (Å²) in [5, 5.41) is 34.7. The minimum absolute atomic E-state index is 0.878. The first-order valence-corrected chi connectivity index (χ1v) is 3.21. The minimum Gasteiger partial charge on any atom is -0.394 e. The Labute approximate surface area is 69.5 Å². The molecule has 4 atom stereocenters. The summed E-state index contributed by atoms with van der Waals surface area (Å²) in [7, 11) is 0. The first-order chi connectivity index (χ1) is 5.91. The van der Waals surface area contributed by atoms with Gasteiger partial charge >= 0.3 is 0 Å². The number of carbonyl (C=O) groups is 1. The Bertz CT molecular complexity index is 178. The van der Waals surface area contributed by atoms with Crippen LogP contribution >= 0.6 is 0 Å². The van der Waals surface area contributed by atoms with E-state index in [1.54, 1.807) is 0 Å². The first-order valence-electron chi connectivity index (χ1n) is 3.71. The van der Waals surface area contributed by atoms with Gasteiger partial charge in [-0.25, -0.2) is 4.39 Å². The number of alkyl halides is 1. The summed E-state index contributed by atoms with van der Waals surface area (Å²) < 4.78 is 18.8. The molecule has 0 rings (SSSR count). The normalized spacial score (nSPS) is 22.2. The molecule has 0 aromatic heterocycles. The van der Waals surface area contributed by atoms with Crippen molar-refractivity contribution in [1.29, 1.82) is 0 Å². The Kier molecular flexibility index (Phi) is 4.09. The van der Waals surface area contributed by atoms with Crippen molar-refractivity contribution < 1.29 is 31.0 Å². The Morgan fingerprint density at radius 3 is 2.25 bits per heavy atom. The fourth-order valence-corrected chi connectivity index (χ4v) is 0.578. The third-order valence-corrected chi connectivity index (χ3v) is 1.34. The average molecular weight is 183 g/mol. The molecular weight excluding hydrogens is 171 g/mol. The third kappa shape index (κ3) is 2.82. The maximum absolute atomic E-state index is 12.5. The fourth-order valence-electron chi connectivity index (χ4n) is 0.578. The van der Waals surface area contributed by atoms with Crippen LogP contribution in [0.2, 0.25) is 0 Å². The molecule has 5 nitrogen and oxygen atoms in total. The van der Waals surface area contributed by atoms with E-state index in [1.807, 2.05) is 0 Å². The van der Waals surface area contributed by atoms with Gasteiger partial charge < -0.3 is 25.2 Å². The van der Waals surface area contributed by atoms with Gasteiger partial charge in [-0.1, -0.05) is 0 Å². The lowest BCUT2D eigenvalue weighted by Crippen LogP contribution is -2.44. The van der Waals surface area contributed by atoms with Gasteiger partial charge in [-0.05, 0) is 0 Å². The summed E-state index contributed by atoms with van der Waals surface area (Å²) >= 11 is 0. The Balaban J connectivity index is 4.24. The molecule has 0 radical (unpaired) electrons. The van der Waals surface area contributed by atoms with Crippen molar-refractivity contribution in [2.75, 3.05) is 6.61 Å². The number of carbonyl (C=O) groups excluding carboxylic acids is 1. The van der Waals surface area contributed by atoms with E-state index in [4.69, 9.17) is 21.8 Å². The minimum atomic E-state index is -2.59. The van der Waals surface area contributed by atoms with Crippen LogP contribution in [0.1, 0.15) is 1.37 Å². The van der Waals surface area contributed by atoms with Crippen LogP contribution in [-0.2, 0) is 4.79 Å². The second kappa shape index (κ2) is 5.15. The van der Waals surface area contributed by atoms with Crippen LogP contribution in [0, 0.1) is 0 Å². The zero-order valence-corrected chi connectivity index (χ0v) is 6.09. The smallest absolute Gasteiger partial charge is 0.183 e. The van der Waals surface area contributed by atoms with Crippen LogP contribution in [0.15, 0.2) is 0 Å². The number of rotatable bonds is 5. The molecule has 0 heterocycles. The largest absolute Gasteiger partial charge is 0.394 e. The van der Waals surface area contributed by atoms with Crippen molar-refractivity contribution in [2.24, 2.45) is 0 Å². The van der Waals surface area contributed by atoms with E-state index < -0.39 is 37.4 Å². The lowest BCUT2D eigenvalue weighted by molar-refractivity contribution is -0.127. The van der Waals surface area contributed by atoms with Gasteiger partial charge in [-0.3, -0.25) is 0 Å². The highest BCUT2D eigenvalue weighted by Crippen LogP contribution is 2.05. The number of hydrogen-bond donors (Lipinski definition) is 4. The number of hydrogen-bond acceptors (Lipinski definition) is 5. The van der Waals surface area contributed by atoms with Crippen LogP contribution in [0.25, 0.3) is 0 Å². The van der Waals surface area contributed by atoms with Crippen molar-refractivity contribution >= 4 is 6.26 Å². The predicted molar refractivity (Wildman–Crippen MR) is 36.1 cm³/mol. The molecule has 0 fully saturated rings. The molecule has 6 heteroatoms. The van der Waals surface area contributed by atoms with Crippen LogP contribution < -0.4 is 0 Å². The van der Waals surface area contributed by atoms with Gasteiger partial charge in [-0.15, -0.1) is 0 Å². The average Bonchev–Trinajstić information content (AvgIpc) is 2.12. The second-order valence-corrected chi connectivity index (χ2v) is 2.25. The van der Waals surface area contributed by atoms with E-state index in [0.717, 1.165) is 0 Å². The van der Waals surface area contributed by atoms with Crippen molar-refractivity contribution in [3.8, 4) is 0 Å². The molecule has 0 aliphatic heterocycles. The van der Waals surface area contributed by atoms with Crippen LogP contribution in [0.3, 0.4) is 0 Å². The van der Waals surface area contributed by atoms with Crippen LogP contribution in [0.5, 0.6) is 0 Å². The van der Waals surface area contributed by atoms with Gasteiger partial charge in [0.15, 0.2) is 12.4 Å². The molecular formula is C6H11FO5. The van der Waals surface area contributed by atoms with Crippen LogP contribution in [-0.4, -0.2) is 57.8 Å². The number of aliphatic hydroxyl groups excluding tert-OH is 4. The summed E-state index contributed by atoms with van der Waals surface area (Å²) in [5.74, 6) is 0. The van der Waals surface area contributed by atoms with Crippen molar-refractivity contribution in [2.45, 2.75) is 24.5 Å². The highest BCUT2D eigenvalue weighted by Gasteiger charge is 2.30. The topological polar surface area (TPSA) is 98.0 Å². The predicted octanol–water partition coefficient (Wildman–Crippen LogP) is -2.40. The molecule has 0 aliphatic rings. The summed E-state index contributed by atoms with van der Waals surface area (Å²) in [6, 6.07) is 0. The van der Waals surface area contributed by atoms with E-state index >= 15 is 0 Å². The summed E-state index contributed by atoms with van der Waals surface area (Å²) in [6.07, 6.45) is -10.2. The maximum Gasteiger partial charge on any atom is 0.183 e. The highest BCUT2D eigenvalue weighted by molar-refractivity contribution is 5.56. The molecule has 0 bridgehead atoms. The quantitative estimate of drug-likeness (QED) is 0.356. The molecule has 0 aromatic rings. The number of halogens is 1. The highest BCUT2D eigenvalue weighted by atomic mass is 19.1. The van der Waals surface area contributed by atoms with Gasteiger partial charge in [0.25, 0.3) is 0 Å². The molecule has 4 N–H and O–H groups in total. The Morgan fingerprint density at radius 1 is 1.42 bits per heavy atom. The fraction of sp³-hybridized carbons (Fsp3) is 0.833. The Hall–Kier alpha value is -0.560. The molecule has 0 aromatic carbocycles. The molecule has 0 saturated heterocycles. The maximum atomic E-state index is 12.5. The zero-order valence-electron chi connectivity index (χ0n) is 7.09. The molecule has 0 amide bonds. The van der Waals surface area contributed by atoms with Gasteiger partial charge in [0.1, 0.15) is 19.7 Å². The summed E-state index contributed by atoms with van der Waals surface area (Å²) in [6.45, 7) is -0.878. The molecule has 12 heavy (non-hydrogen) atoms. The molecule has 0 spiro atoms. The molecule has 72 valence electrons. The Morgan fingerprint density at radius 2 is 1.92 bits per heavy atom. The number of aliphatic hydroxyl groups is 4. The molecule has 0 saturated carbocycles. The zero-order chi connectivity index (χ0) is 10.6. The third-order valence-electron chi connectivity index (χ3n) is 1.34.